The van der Waals surface area contributed by atoms with Crippen LogP contribution in [-0.4, -0.2) is 17.1 Å². The van der Waals surface area contributed by atoms with E-state index in [2.05, 4.69) is 0 Å². The molecule has 0 aliphatic heterocycles. The van der Waals surface area contributed by atoms with Crippen LogP contribution in [-0.2, 0) is 6.42 Å². The van der Waals surface area contributed by atoms with Gasteiger partial charge in [-0.15, -0.1) is 12.4 Å². The van der Waals surface area contributed by atoms with Gasteiger partial charge >= 0.3 is 6.18 Å². The number of hydrogen-bond donors (Lipinski definition) is 1. The van der Waals surface area contributed by atoms with E-state index in [0.29, 0.717) is 0 Å². The number of benzene rings is 1. The molecule has 17 heavy (non-hydrogen) atoms. The van der Waals surface area contributed by atoms with Gasteiger partial charge in [-0.25, -0.2) is 0 Å². The molecule has 0 heterocycles. The molecule has 0 bridgehead atoms. The maximum Gasteiger partial charge on any atom is 0.403 e. The molecule has 0 aliphatic rings. The molecule has 1 aromatic rings. The maximum atomic E-state index is 12.2. The first kappa shape index (κ1) is 15.7. The average molecular weight is 271 g/mol. The van der Waals surface area contributed by atoms with Crippen molar-refractivity contribution in [2.24, 2.45) is 5.73 Å². The first-order valence-electron chi connectivity index (χ1n) is 4.37. The highest BCUT2D eigenvalue weighted by Gasteiger charge is 2.37. The molecule has 0 aromatic heterocycles. The highest BCUT2D eigenvalue weighted by molar-refractivity contribution is 5.85. The molecule has 0 saturated carbocycles. The molecule has 1 rings (SSSR count). The van der Waals surface area contributed by atoms with Crippen molar-refractivity contribution in [3.8, 4) is 0 Å². The smallest absolute Gasteiger partial charge is 0.320 e. The quantitative estimate of drug-likeness (QED) is 0.677. The predicted octanol–water partition coefficient (Wildman–Crippen LogP) is 2.45. The predicted molar refractivity (Wildman–Crippen MR) is 58.1 cm³/mol. The lowest BCUT2D eigenvalue weighted by molar-refractivity contribution is -0.385. The summed E-state index contributed by atoms with van der Waals surface area (Å²) >= 11 is 0. The van der Waals surface area contributed by atoms with Gasteiger partial charge in [-0.05, 0) is 0 Å². The summed E-state index contributed by atoms with van der Waals surface area (Å²) in [6.07, 6.45) is -5.15. The second kappa shape index (κ2) is 5.83. The van der Waals surface area contributed by atoms with Crippen molar-refractivity contribution in [3.05, 3.63) is 39.9 Å². The third-order valence-electron chi connectivity index (χ3n) is 2.05. The van der Waals surface area contributed by atoms with Crippen LogP contribution in [0, 0.1) is 10.1 Å². The molecule has 0 amide bonds. The van der Waals surface area contributed by atoms with Crippen LogP contribution in [0.15, 0.2) is 24.3 Å². The first-order chi connectivity index (χ1) is 7.32. The van der Waals surface area contributed by atoms with E-state index in [1.54, 1.807) is 0 Å². The number of halogens is 4. The standard InChI is InChI=1S/C9H9F3N2O2.ClH/c10-9(11,12)8(13)5-6-3-1-2-4-7(6)14(15)16;/h1-4,8H,5,13H2;1H. The Hall–Kier alpha value is -1.34. The van der Waals surface area contributed by atoms with E-state index < -0.39 is 23.6 Å². The summed E-state index contributed by atoms with van der Waals surface area (Å²) in [6, 6.07) is 3.16. The normalized spacial score (nSPS) is 12.7. The number of rotatable bonds is 3. The minimum absolute atomic E-state index is 0. The Morgan fingerprint density at radius 2 is 1.88 bits per heavy atom. The van der Waals surface area contributed by atoms with E-state index in [1.807, 2.05) is 0 Å². The summed E-state index contributed by atoms with van der Waals surface area (Å²) in [6.45, 7) is 0. The zero-order chi connectivity index (χ0) is 12.3. The van der Waals surface area contributed by atoms with E-state index in [0.717, 1.165) is 6.07 Å². The molecule has 1 atom stereocenters. The minimum atomic E-state index is -4.55. The Kier molecular flexibility index (Phi) is 5.37. The van der Waals surface area contributed by atoms with Crippen molar-refractivity contribution in [1.29, 1.82) is 0 Å². The molecule has 0 spiro atoms. The van der Waals surface area contributed by atoms with E-state index in [9.17, 15) is 23.3 Å². The lowest BCUT2D eigenvalue weighted by Crippen LogP contribution is -2.39. The van der Waals surface area contributed by atoms with Crippen LogP contribution < -0.4 is 5.73 Å². The fraction of sp³-hybridized carbons (Fsp3) is 0.333. The van der Waals surface area contributed by atoms with Gasteiger partial charge in [0.15, 0.2) is 0 Å². The molecule has 1 aromatic carbocycles. The van der Waals surface area contributed by atoms with Gasteiger partial charge in [-0.3, -0.25) is 10.1 Å². The monoisotopic (exact) mass is 270 g/mol. The molecule has 2 N–H and O–H groups in total. The zero-order valence-electron chi connectivity index (χ0n) is 8.48. The molecular weight excluding hydrogens is 261 g/mol. The Morgan fingerprint density at radius 1 is 1.35 bits per heavy atom. The molecule has 1 unspecified atom stereocenters. The molecule has 0 fully saturated rings. The van der Waals surface area contributed by atoms with Crippen LogP contribution in [0.25, 0.3) is 0 Å². The van der Waals surface area contributed by atoms with Crippen molar-refractivity contribution in [2.45, 2.75) is 18.6 Å². The molecule has 96 valence electrons. The fourth-order valence-corrected chi connectivity index (χ4v) is 1.21. The largest absolute Gasteiger partial charge is 0.403 e. The minimum Gasteiger partial charge on any atom is -0.320 e. The van der Waals surface area contributed by atoms with Crippen LogP contribution in [0.5, 0.6) is 0 Å². The van der Waals surface area contributed by atoms with Gasteiger partial charge in [0, 0.05) is 18.1 Å². The van der Waals surface area contributed by atoms with Gasteiger partial charge in [0.1, 0.15) is 6.04 Å². The van der Waals surface area contributed by atoms with Crippen LogP contribution in [0.2, 0.25) is 0 Å². The number of nitrogens with two attached hydrogens (primary N) is 1. The topological polar surface area (TPSA) is 69.2 Å². The third-order valence-corrected chi connectivity index (χ3v) is 2.05. The molecule has 0 aliphatic carbocycles. The number of nitro groups is 1. The van der Waals surface area contributed by atoms with Crippen molar-refractivity contribution in [2.75, 3.05) is 0 Å². The zero-order valence-corrected chi connectivity index (χ0v) is 9.29. The van der Waals surface area contributed by atoms with Gasteiger partial charge in [0.05, 0.1) is 4.92 Å². The summed E-state index contributed by atoms with van der Waals surface area (Å²) in [5, 5.41) is 10.5. The Morgan fingerprint density at radius 3 is 2.35 bits per heavy atom. The fourth-order valence-electron chi connectivity index (χ4n) is 1.21. The molecule has 8 heteroatoms. The first-order valence-corrected chi connectivity index (χ1v) is 4.37. The van der Waals surface area contributed by atoms with Gasteiger partial charge < -0.3 is 5.73 Å². The van der Waals surface area contributed by atoms with Gasteiger partial charge in [0.2, 0.25) is 0 Å². The molecule has 0 saturated heterocycles. The molecule has 4 nitrogen and oxygen atoms in total. The highest BCUT2D eigenvalue weighted by atomic mass is 35.5. The molecule has 0 radical (unpaired) electrons. The Labute approximate surface area is 101 Å². The van der Waals surface area contributed by atoms with E-state index in [1.165, 1.54) is 18.2 Å². The maximum absolute atomic E-state index is 12.2. The van der Waals surface area contributed by atoms with Gasteiger partial charge in [-0.2, -0.15) is 13.2 Å². The van der Waals surface area contributed by atoms with E-state index in [4.69, 9.17) is 5.73 Å². The second-order valence-electron chi connectivity index (χ2n) is 3.24. The number of alkyl halides is 3. The van der Waals surface area contributed by atoms with Crippen LogP contribution in [0.3, 0.4) is 0 Å². The van der Waals surface area contributed by atoms with Gasteiger partial charge in [-0.1, -0.05) is 18.2 Å². The van der Waals surface area contributed by atoms with E-state index >= 15 is 0 Å². The SMILES string of the molecule is Cl.NC(Cc1ccccc1[N+](=O)[O-])C(F)(F)F. The summed E-state index contributed by atoms with van der Waals surface area (Å²) in [5.74, 6) is 0. The Balaban J connectivity index is 0.00000256. The summed E-state index contributed by atoms with van der Waals surface area (Å²) in [7, 11) is 0. The van der Waals surface area contributed by atoms with Crippen molar-refractivity contribution in [1.82, 2.24) is 0 Å². The van der Waals surface area contributed by atoms with Crippen molar-refractivity contribution < 1.29 is 18.1 Å². The average Bonchev–Trinajstić information content (AvgIpc) is 2.16. The van der Waals surface area contributed by atoms with Crippen molar-refractivity contribution in [3.63, 3.8) is 0 Å². The second-order valence-corrected chi connectivity index (χ2v) is 3.24. The van der Waals surface area contributed by atoms with Crippen LogP contribution in [0.4, 0.5) is 18.9 Å². The Bertz CT molecular complexity index is 398. The lowest BCUT2D eigenvalue weighted by Gasteiger charge is -2.15. The van der Waals surface area contributed by atoms with Crippen molar-refractivity contribution >= 4 is 18.1 Å². The van der Waals surface area contributed by atoms with Gasteiger partial charge in [0.25, 0.3) is 5.69 Å². The van der Waals surface area contributed by atoms with E-state index in [-0.39, 0.29) is 23.7 Å². The summed E-state index contributed by atoms with van der Waals surface area (Å²) in [4.78, 5) is 9.81. The summed E-state index contributed by atoms with van der Waals surface area (Å²) < 4.78 is 36.5. The highest BCUT2D eigenvalue weighted by Crippen LogP contribution is 2.25. The number of hydrogen-bond acceptors (Lipinski definition) is 3. The van der Waals surface area contributed by atoms with Crippen LogP contribution >= 0.6 is 12.4 Å². The summed E-state index contributed by atoms with van der Waals surface area (Å²) in [5.41, 5.74) is 4.54. The van der Waals surface area contributed by atoms with Crippen LogP contribution in [0.1, 0.15) is 5.56 Å². The number of nitrogens with zero attached hydrogens (tertiary/aromatic N) is 1. The number of para-hydroxylation sites is 1. The third kappa shape index (κ3) is 4.20. The number of nitro benzene ring substituents is 1. The lowest BCUT2D eigenvalue weighted by atomic mass is 10.0. The molecular formula is C9H10ClF3N2O2.